The Morgan fingerprint density at radius 1 is 1.29 bits per heavy atom. The van der Waals surface area contributed by atoms with Gasteiger partial charge in [0.05, 0.1) is 5.02 Å². The molecule has 1 aromatic rings. The van der Waals surface area contributed by atoms with Crippen LogP contribution in [0.2, 0.25) is 5.02 Å². The molecule has 0 bridgehead atoms. The van der Waals surface area contributed by atoms with Gasteiger partial charge < -0.3 is 5.32 Å². The second kappa shape index (κ2) is 3.83. The van der Waals surface area contributed by atoms with Gasteiger partial charge in [-0.2, -0.15) is 0 Å². The maximum atomic E-state index is 13.5. The average Bonchev–Trinajstić information content (AvgIpc) is 2.12. The predicted octanol–water partition coefficient (Wildman–Crippen LogP) is 3.07. The van der Waals surface area contributed by atoms with Crippen LogP contribution in [-0.4, -0.2) is 7.05 Å². The number of rotatable bonds is 2. The van der Waals surface area contributed by atoms with Crippen molar-refractivity contribution in [1.82, 2.24) is 5.32 Å². The Balaban J connectivity index is 3.40. The van der Waals surface area contributed by atoms with Gasteiger partial charge in [0.15, 0.2) is 0 Å². The topological polar surface area (TPSA) is 12.0 Å². The number of halogens is 3. The smallest absolute Gasteiger partial charge is 0.149 e. The fourth-order valence-electron chi connectivity index (χ4n) is 1.22. The van der Waals surface area contributed by atoms with Gasteiger partial charge in [0.2, 0.25) is 0 Å². The molecular formula is C10H12ClF2N. The first-order valence-corrected chi connectivity index (χ1v) is 4.61. The average molecular weight is 220 g/mol. The summed E-state index contributed by atoms with van der Waals surface area (Å²) in [5.41, 5.74) is -0.813. The third kappa shape index (κ3) is 1.88. The highest BCUT2D eigenvalue weighted by atomic mass is 35.5. The molecule has 0 saturated heterocycles. The standard InChI is InChI=1S/C10H12ClF2N/c1-10(2,14-3)8-7(12)5-4-6(11)9(8)13/h4-5,14H,1-3H3. The quantitative estimate of drug-likeness (QED) is 0.754. The first-order chi connectivity index (χ1) is 6.40. The van der Waals surface area contributed by atoms with Crippen molar-refractivity contribution in [1.29, 1.82) is 0 Å². The van der Waals surface area contributed by atoms with Gasteiger partial charge in [-0.05, 0) is 33.0 Å². The van der Waals surface area contributed by atoms with Gasteiger partial charge in [-0.25, -0.2) is 8.78 Å². The van der Waals surface area contributed by atoms with Gasteiger partial charge in [-0.3, -0.25) is 0 Å². The molecule has 0 spiro atoms. The molecule has 0 aromatic heterocycles. The summed E-state index contributed by atoms with van der Waals surface area (Å²) in [6.45, 7) is 3.37. The molecule has 1 aromatic carbocycles. The Hall–Kier alpha value is -0.670. The molecule has 78 valence electrons. The molecule has 0 aliphatic heterocycles. The fourth-order valence-corrected chi connectivity index (χ4v) is 1.38. The molecule has 0 fully saturated rings. The summed E-state index contributed by atoms with van der Waals surface area (Å²) in [5.74, 6) is -1.29. The molecule has 0 atom stereocenters. The van der Waals surface area contributed by atoms with Gasteiger partial charge in [0.1, 0.15) is 11.6 Å². The third-order valence-electron chi connectivity index (χ3n) is 2.29. The van der Waals surface area contributed by atoms with Crippen molar-refractivity contribution in [2.45, 2.75) is 19.4 Å². The highest BCUT2D eigenvalue weighted by molar-refractivity contribution is 6.30. The summed E-state index contributed by atoms with van der Waals surface area (Å²) in [5, 5.41) is 2.76. The molecule has 1 rings (SSSR count). The third-order valence-corrected chi connectivity index (χ3v) is 2.59. The van der Waals surface area contributed by atoms with Crippen molar-refractivity contribution >= 4 is 11.6 Å². The van der Waals surface area contributed by atoms with Crippen molar-refractivity contribution in [3.05, 3.63) is 34.4 Å². The number of benzene rings is 1. The molecule has 0 aliphatic carbocycles. The zero-order valence-electron chi connectivity index (χ0n) is 8.29. The highest BCUT2D eigenvalue weighted by Crippen LogP contribution is 2.29. The van der Waals surface area contributed by atoms with Crippen molar-refractivity contribution in [3.63, 3.8) is 0 Å². The van der Waals surface area contributed by atoms with Crippen LogP contribution in [0, 0.1) is 11.6 Å². The summed E-state index contributed by atoms with van der Waals surface area (Å²) in [4.78, 5) is 0. The van der Waals surface area contributed by atoms with E-state index in [1.807, 2.05) is 0 Å². The first kappa shape index (κ1) is 11.4. The first-order valence-electron chi connectivity index (χ1n) is 4.23. The van der Waals surface area contributed by atoms with E-state index >= 15 is 0 Å². The minimum Gasteiger partial charge on any atom is -0.311 e. The van der Waals surface area contributed by atoms with Crippen molar-refractivity contribution < 1.29 is 8.78 Å². The van der Waals surface area contributed by atoms with Crippen LogP contribution in [0.3, 0.4) is 0 Å². The summed E-state index contributed by atoms with van der Waals surface area (Å²) >= 11 is 5.58. The minimum atomic E-state index is -0.779. The Bertz CT molecular complexity index is 350. The van der Waals surface area contributed by atoms with Crippen molar-refractivity contribution in [2.24, 2.45) is 0 Å². The van der Waals surface area contributed by atoms with E-state index in [4.69, 9.17) is 11.6 Å². The van der Waals surface area contributed by atoms with Crippen LogP contribution in [0.15, 0.2) is 12.1 Å². The second-order valence-corrected chi connectivity index (χ2v) is 4.00. The number of nitrogens with one attached hydrogen (secondary N) is 1. The summed E-state index contributed by atoms with van der Waals surface area (Å²) < 4.78 is 26.9. The van der Waals surface area contributed by atoms with Gasteiger partial charge in [-0.15, -0.1) is 0 Å². The molecule has 0 unspecified atom stereocenters. The molecule has 4 heteroatoms. The van der Waals surface area contributed by atoms with E-state index in [-0.39, 0.29) is 10.6 Å². The maximum Gasteiger partial charge on any atom is 0.149 e. The Morgan fingerprint density at radius 2 is 1.86 bits per heavy atom. The molecule has 1 N–H and O–H groups in total. The fraction of sp³-hybridized carbons (Fsp3) is 0.400. The lowest BCUT2D eigenvalue weighted by molar-refractivity contribution is 0.394. The SMILES string of the molecule is CNC(C)(C)c1c(F)ccc(Cl)c1F. The van der Waals surface area contributed by atoms with E-state index in [1.165, 1.54) is 12.1 Å². The summed E-state index contributed by atoms with van der Waals surface area (Å²) in [6, 6.07) is 2.38. The Kier molecular flexibility index (Phi) is 3.12. The number of hydrogen-bond acceptors (Lipinski definition) is 1. The van der Waals surface area contributed by atoms with Crippen molar-refractivity contribution in [2.75, 3.05) is 7.05 Å². The molecule has 0 amide bonds. The molecule has 0 aliphatic rings. The van der Waals surface area contributed by atoms with Crippen molar-refractivity contribution in [3.8, 4) is 0 Å². The lowest BCUT2D eigenvalue weighted by Crippen LogP contribution is -2.35. The van der Waals surface area contributed by atoms with Gasteiger partial charge in [0.25, 0.3) is 0 Å². The van der Waals surface area contributed by atoms with Crippen LogP contribution >= 0.6 is 11.6 Å². The molecule has 1 nitrogen and oxygen atoms in total. The molecular weight excluding hydrogens is 208 g/mol. The lowest BCUT2D eigenvalue weighted by Gasteiger charge is -2.25. The van der Waals surface area contributed by atoms with Crippen LogP contribution < -0.4 is 5.32 Å². The van der Waals surface area contributed by atoms with Crippen LogP contribution in [0.5, 0.6) is 0 Å². The van der Waals surface area contributed by atoms with E-state index in [0.29, 0.717) is 0 Å². The normalized spacial score (nSPS) is 11.9. The van der Waals surface area contributed by atoms with Gasteiger partial charge >= 0.3 is 0 Å². The van der Waals surface area contributed by atoms with Crippen LogP contribution in [-0.2, 0) is 5.54 Å². The van der Waals surface area contributed by atoms with Gasteiger partial charge in [-0.1, -0.05) is 11.6 Å². The summed E-state index contributed by atoms with van der Waals surface area (Å²) in [6.07, 6.45) is 0. The Labute approximate surface area is 87.1 Å². The largest absolute Gasteiger partial charge is 0.311 e. The highest BCUT2D eigenvalue weighted by Gasteiger charge is 2.27. The Morgan fingerprint density at radius 3 is 2.36 bits per heavy atom. The van der Waals surface area contributed by atoms with E-state index in [0.717, 1.165) is 0 Å². The molecule has 0 heterocycles. The molecule has 0 saturated carbocycles. The number of hydrogen-bond donors (Lipinski definition) is 1. The maximum absolute atomic E-state index is 13.5. The van der Waals surface area contributed by atoms with E-state index in [1.54, 1.807) is 20.9 Å². The lowest BCUT2D eigenvalue weighted by atomic mass is 9.93. The van der Waals surface area contributed by atoms with E-state index in [2.05, 4.69) is 5.32 Å². The molecule has 0 radical (unpaired) electrons. The van der Waals surface area contributed by atoms with E-state index in [9.17, 15) is 8.78 Å². The zero-order valence-corrected chi connectivity index (χ0v) is 9.04. The van der Waals surface area contributed by atoms with Crippen LogP contribution in [0.4, 0.5) is 8.78 Å². The minimum absolute atomic E-state index is 0.0347. The zero-order chi connectivity index (χ0) is 10.9. The monoisotopic (exact) mass is 219 g/mol. The van der Waals surface area contributed by atoms with E-state index < -0.39 is 17.2 Å². The summed E-state index contributed by atoms with van der Waals surface area (Å²) in [7, 11) is 1.64. The predicted molar refractivity (Wildman–Crippen MR) is 53.5 cm³/mol. The van der Waals surface area contributed by atoms with Crippen LogP contribution in [0.25, 0.3) is 0 Å². The van der Waals surface area contributed by atoms with Crippen LogP contribution in [0.1, 0.15) is 19.4 Å². The van der Waals surface area contributed by atoms with Gasteiger partial charge in [0, 0.05) is 11.1 Å². The molecule has 14 heavy (non-hydrogen) atoms. The second-order valence-electron chi connectivity index (χ2n) is 3.59.